The van der Waals surface area contributed by atoms with Crippen LogP contribution in [0.25, 0.3) is 10.2 Å². The van der Waals surface area contributed by atoms with E-state index in [1.165, 1.54) is 11.3 Å². The maximum atomic E-state index is 11.9. The van der Waals surface area contributed by atoms with Gasteiger partial charge in [-0.2, -0.15) is 0 Å². The minimum Gasteiger partial charge on any atom is -0.497 e. The zero-order chi connectivity index (χ0) is 13.8. The van der Waals surface area contributed by atoms with Crippen molar-refractivity contribution in [2.75, 3.05) is 19.0 Å². The number of benzene rings is 1. The molecule has 0 bridgehead atoms. The summed E-state index contributed by atoms with van der Waals surface area (Å²) < 4.78 is 6.15. The number of carbonyl (C=O) groups excluding carboxylic acids is 1. The van der Waals surface area contributed by atoms with Gasteiger partial charge in [0, 0.05) is 5.92 Å². The van der Waals surface area contributed by atoms with Crippen LogP contribution in [0.3, 0.4) is 0 Å². The number of rotatable bonds is 5. The van der Waals surface area contributed by atoms with Gasteiger partial charge in [-0.05, 0) is 31.2 Å². The van der Waals surface area contributed by atoms with Gasteiger partial charge >= 0.3 is 0 Å². The third-order valence-corrected chi connectivity index (χ3v) is 3.81. The maximum absolute atomic E-state index is 11.9. The normalized spacial score (nSPS) is 12.4. The quantitative estimate of drug-likeness (QED) is 0.880. The lowest BCUT2D eigenvalue weighted by Gasteiger charge is -2.08. The summed E-state index contributed by atoms with van der Waals surface area (Å²) in [5.41, 5.74) is 6.30. The molecule has 1 amide bonds. The molecule has 1 atom stereocenters. The molecule has 0 aliphatic heterocycles. The molecule has 102 valence electrons. The lowest BCUT2D eigenvalue weighted by molar-refractivity contribution is -0.119. The molecule has 6 heteroatoms. The first-order valence-corrected chi connectivity index (χ1v) is 6.91. The van der Waals surface area contributed by atoms with Crippen LogP contribution in [0, 0.1) is 5.92 Å². The number of thiazole rings is 1. The molecule has 2 aromatic rings. The fraction of sp³-hybridized carbons (Fsp3) is 0.385. The highest BCUT2D eigenvalue weighted by molar-refractivity contribution is 7.22. The monoisotopic (exact) mass is 279 g/mol. The molecule has 0 saturated heterocycles. The summed E-state index contributed by atoms with van der Waals surface area (Å²) in [7, 11) is 1.62. The third-order valence-electron chi connectivity index (χ3n) is 2.87. The summed E-state index contributed by atoms with van der Waals surface area (Å²) in [6.45, 7) is 2.37. The van der Waals surface area contributed by atoms with E-state index in [0.29, 0.717) is 18.1 Å². The number of fused-ring (bicyclic) bond motifs is 1. The molecule has 0 aliphatic carbocycles. The Morgan fingerprint density at radius 2 is 2.37 bits per heavy atom. The van der Waals surface area contributed by atoms with Crippen LogP contribution in [0.15, 0.2) is 18.2 Å². The molecule has 5 nitrogen and oxygen atoms in total. The SMILES string of the molecule is COc1ccc2nc(NC(=O)C(C)CCN)sc2c1. The predicted octanol–water partition coefficient (Wildman–Crippen LogP) is 2.23. The van der Waals surface area contributed by atoms with E-state index < -0.39 is 0 Å². The van der Waals surface area contributed by atoms with E-state index in [2.05, 4.69) is 10.3 Å². The molecule has 1 unspecified atom stereocenters. The number of anilines is 1. The molecular weight excluding hydrogens is 262 g/mol. The lowest BCUT2D eigenvalue weighted by Crippen LogP contribution is -2.22. The molecule has 0 saturated carbocycles. The van der Waals surface area contributed by atoms with E-state index >= 15 is 0 Å². The number of aromatic nitrogens is 1. The van der Waals surface area contributed by atoms with Gasteiger partial charge in [0.1, 0.15) is 5.75 Å². The van der Waals surface area contributed by atoms with E-state index in [-0.39, 0.29) is 11.8 Å². The molecule has 1 heterocycles. The summed E-state index contributed by atoms with van der Waals surface area (Å²) in [6, 6.07) is 5.64. The number of nitrogens with one attached hydrogen (secondary N) is 1. The fourth-order valence-electron chi connectivity index (χ4n) is 1.70. The van der Waals surface area contributed by atoms with Gasteiger partial charge in [0.05, 0.1) is 17.3 Å². The highest BCUT2D eigenvalue weighted by Crippen LogP contribution is 2.29. The van der Waals surface area contributed by atoms with Crippen molar-refractivity contribution in [1.82, 2.24) is 4.98 Å². The number of hydrogen-bond donors (Lipinski definition) is 2. The Hall–Kier alpha value is -1.66. The molecule has 19 heavy (non-hydrogen) atoms. The standard InChI is InChI=1S/C13H17N3O2S/c1-8(5-6-14)12(17)16-13-15-10-4-3-9(18-2)7-11(10)19-13/h3-4,7-8H,5-6,14H2,1-2H3,(H,15,16,17). The van der Waals surface area contributed by atoms with Crippen molar-refractivity contribution in [2.45, 2.75) is 13.3 Å². The average Bonchev–Trinajstić information content (AvgIpc) is 2.79. The Morgan fingerprint density at radius 3 is 3.05 bits per heavy atom. The van der Waals surface area contributed by atoms with Gasteiger partial charge in [-0.3, -0.25) is 4.79 Å². The topological polar surface area (TPSA) is 77.2 Å². The van der Waals surface area contributed by atoms with Crippen LogP contribution in [0.1, 0.15) is 13.3 Å². The first-order chi connectivity index (χ1) is 9.13. The van der Waals surface area contributed by atoms with Crippen molar-refractivity contribution in [2.24, 2.45) is 11.7 Å². The maximum Gasteiger partial charge on any atom is 0.229 e. The van der Waals surface area contributed by atoms with Crippen LogP contribution < -0.4 is 15.8 Å². The molecule has 0 aliphatic rings. The molecule has 2 rings (SSSR count). The Balaban J connectivity index is 2.15. The summed E-state index contributed by atoms with van der Waals surface area (Å²) in [4.78, 5) is 16.2. The van der Waals surface area contributed by atoms with Gasteiger partial charge in [-0.1, -0.05) is 18.3 Å². The number of carbonyl (C=O) groups is 1. The highest BCUT2D eigenvalue weighted by Gasteiger charge is 2.14. The predicted molar refractivity (Wildman–Crippen MR) is 77.6 cm³/mol. The average molecular weight is 279 g/mol. The van der Waals surface area contributed by atoms with Crippen LogP contribution in [0.5, 0.6) is 5.75 Å². The van der Waals surface area contributed by atoms with Crippen molar-refractivity contribution in [3.63, 3.8) is 0 Å². The first kappa shape index (κ1) is 13.8. The largest absolute Gasteiger partial charge is 0.497 e. The molecule has 0 radical (unpaired) electrons. The fourth-order valence-corrected chi connectivity index (χ4v) is 2.59. The molecular formula is C13H17N3O2S. The van der Waals surface area contributed by atoms with Gasteiger partial charge in [0.15, 0.2) is 5.13 Å². The van der Waals surface area contributed by atoms with Crippen LogP contribution in [0.2, 0.25) is 0 Å². The van der Waals surface area contributed by atoms with E-state index in [0.717, 1.165) is 16.0 Å². The van der Waals surface area contributed by atoms with Crippen LogP contribution in [0.4, 0.5) is 5.13 Å². The second-order valence-electron chi connectivity index (χ2n) is 4.32. The molecule has 0 fully saturated rings. The minimum absolute atomic E-state index is 0.0449. The highest BCUT2D eigenvalue weighted by atomic mass is 32.1. The summed E-state index contributed by atoms with van der Waals surface area (Å²) in [5.74, 6) is 0.633. The van der Waals surface area contributed by atoms with Crippen molar-refractivity contribution >= 4 is 32.6 Å². The second-order valence-corrected chi connectivity index (χ2v) is 5.35. The smallest absolute Gasteiger partial charge is 0.229 e. The van der Waals surface area contributed by atoms with Crippen molar-refractivity contribution < 1.29 is 9.53 Å². The number of nitrogens with zero attached hydrogens (tertiary/aromatic N) is 1. The third kappa shape index (κ3) is 3.21. The molecule has 3 N–H and O–H groups in total. The van der Waals surface area contributed by atoms with E-state index in [1.54, 1.807) is 7.11 Å². The van der Waals surface area contributed by atoms with E-state index in [1.807, 2.05) is 25.1 Å². The Morgan fingerprint density at radius 1 is 1.58 bits per heavy atom. The first-order valence-electron chi connectivity index (χ1n) is 6.09. The summed E-state index contributed by atoms with van der Waals surface area (Å²) in [5, 5.41) is 3.43. The van der Waals surface area contributed by atoms with Crippen LogP contribution in [-0.2, 0) is 4.79 Å². The van der Waals surface area contributed by atoms with Gasteiger partial charge in [-0.15, -0.1) is 0 Å². The summed E-state index contributed by atoms with van der Waals surface area (Å²) >= 11 is 1.44. The van der Waals surface area contributed by atoms with Crippen molar-refractivity contribution in [3.05, 3.63) is 18.2 Å². The van der Waals surface area contributed by atoms with Gasteiger partial charge < -0.3 is 15.8 Å². The Bertz CT molecular complexity index is 582. The van der Waals surface area contributed by atoms with E-state index in [9.17, 15) is 4.79 Å². The lowest BCUT2D eigenvalue weighted by atomic mass is 10.1. The summed E-state index contributed by atoms with van der Waals surface area (Å²) in [6.07, 6.45) is 0.671. The van der Waals surface area contributed by atoms with E-state index in [4.69, 9.17) is 10.5 Å². The molecule has 1 aromatic heterocycles. The number of amides is 1. The number of methoxy groups -OCH3 is 1. The second kappa shape index (κ2) is 5.99. The number of nitrogens with two attached hydrogens (primary N) is 1. The van der Waals surface area contributed by atoms with Gasteiger partial charge in [-0.25, -0.2) is 4.98 Å². The zero-order valence-corrected chi connectivity index (χ0v) is 11.8. The molecule has 1 aromatic carbocycles. The number of hydrogen-bond acceptors (Lipinski definition) is 5. The van der Waals surface area contributed by atoms with Crippen LogP contribution in [-0.4, -0.2) is 24.5 Å². The zero-order valence-electron chi connectivity index (χ0n) is 11.0. The number of ether oxygens (including phenoxy) is 1. The van der Waals surface area contributed by atoms with Gasteiger partial charge in [0.2, 0.25) is 5.91 Å². The van der Waals surface area contributed by atoms with Crippen molar-refractivity contribution in [1.29, 1.82) is 0 Å². The van der Waals surface area contributed by atoms with Crippen LogP contribution >= 0.6 is 11.3 Å². The van der Waals surface area contributed by atoms with Gasteiger partial charge in [0.25, 0.3) is 0 Å². The Labute approximate surface area is 115 Å². The molecule has 0 spiro atoms. The minimum atomic E-state index is -0.105. The Kier molecular flexibility index (Phi) is 4.34. The van der Waals surface area contributed by atoms with Crippen molar-refractivity contribution in [3.8, 4) is 5.75 Å².